The third kappa shape index (κ3) is 3.88. The summed E-state index contributed by atoms with van der Waals surface area (Å²) in [7, 11) is 2.17. The van der Waals surface area contributed by atoms with Gasteiger partial charge in [0.25, 0.3) is 0 Å². The van der Waals surface area contributed by atoms with Crippen molar-refractivity contribution in [1.82, 2.24) is 19.6 Å². The first-order valence-electron chi connectivity index (χ1n) is 7.62. The quantitative estimate of drug-likeness (QED) is 0.540. The Bertz CT molecular complexity index is 402. The first-order chi connectivity index (χ1) is 10.2. The van der Waals surface area contributed by atoms with E-state index in [1.54, 1.807) is 0 Å². The number of piperazine rings is 1. The topological polar surface area (TPSA) is 34.5 Å². The molecule has 0 radical (unpaired) electrons. The van der Waals surface area contributed by atoms with Crippen LogP contribution in [-0.4, -0.2) is 97.3 Å². The van der Waals surface area contributed by atoms with Gasteiger partial charge in [-0.2, -0.15) is 0 Å². The van der Waals surface area contributed by atoms with Gasteiger partial charge >= 0.3 is 0 Å². The summed E-state index contributed by atoms with van der Waals surface area (Å²) in [6.45, 7) is 8.58. The van der Waals surface area contributed by atoms with Crippen LogP contribution in [0.25, 0.3) is 0 Å². The number of rotatable bonds is 2. The summed E-state index contributed by atoms with van der Waals surface area (Å²) in [6.07, 6.45) is 4.15. The van der Waals surface area contributed by atoms with Crippen LogP contribution >= 0.6 is 11.6 Å². The molecule has 3 heterocycles. The molecule has 0 aromatic heterocycles. The lowest BCUT2D eigenvalue weighted by Gasteiger charge is -2.38. The van der Waals surface area contributed by atoms with Crippen molar-refractivity contribution in [3.05, 3.63) is 12.3 Å². The minimum absolute atomic E-state index is 0.312. The molecule has 1 atom stereocenters. The van der Waals surface area contributed by atoms with Gasteiger partial charge in [-0.3, -0.25) is 4.90 Å². The maximum absolute atomic E-state index is 6.44. The van der Waals surface area contributed by atoms with Crippen molar-refractivity contribution in [3.63, 3.8) is 0 Å². The maximum atomic E-state index is 6.44. The second kappa shape index (κ2) is 6.96. The molecule has 0 amide bonds. The Balaban J connectivity index is 1.53. The van der Waals surface area contributed by atoms with E-state index in [1.807, 2.05) is 0 Å². The lowest BCUT2D eigenvalue weighted by molar-refractivity contribution is 0.0671. The van der Waals surface area contributed by atoms with Gasteiger partial charge in [-0.25, -0.2) is 4.99 Å². The molecular formula is C14H24ClN5O. The number of morpholine rings is 1. The summed E-state index contributed by atoms with van der Waals surface area (Å²) in [5.74, 6) is 0.980. The van der Waals surface area contributed by atoms with Gasteiger partial charge in [-0.1, -0.05) is 11.6 Å². The molecule has 3 aliphatic heterocycles. The average molecular weight is 314 g/mol. The Hall–Kier alpha value is -0.820. The molecule has 0 spiro atoms. The van der Waals surface area contributed by atoms with Gasteiger partial charge in [0.15, 0.2) is 0 Å². The molecular weight excluding hydrogens is 290 g/mol. The van der Waals surface area contributed by atoms with E-state index in [1.165, 1.54) is 0 Å². The molecule has 1 unspecified atom stereocenters. The van der Waals surface area contributed by atoms with Gasteiger partial charge in [0.1, 0.15) is 5.84 Å². The maximum Gasteiger partial charge on any atom is 0.200 e. The summed E-state index contributed by atoms with van der Waals surface area (Å²) in [5, 5.41) is 0. The fourth-order valence-electron chi connectivity index (χ4n) is 2.77. The number of hydrogen-bond donors (Lipinski definition) is 0. The number of alkyl halides is 1. The van der Waals surface area contributed by atoms with Gasteiger partial charge in [0.05, 0.1) is 19.9 Å². The number of hydrogen-bond acceptors (Lipinski definition) is 6. The van der Waals surface area contributed by atoms with Crippen LogP contribution in [0.2, 0.25) is 0 Å². The minimum Gasteiger partial charge on any atom is -0.378 e. The fraction of sp³-hybridized carbons (Fsp3) is 0.786. The summed E-state index contributed by atoms with van der Waals surface area (Å²) in [6, 6.07) is 0. The van der Waals surface area contributed by atoms with Gasteiger partial charge in [-0.05, 0) is 13.1 Å². The van der Waals surface area contributed by atoms with Crippen molar-refractivity contribution in [3.8, 4) is 0 Å². The van der Waals surface area contributed by atoms with Gasteiger partial charge < -0.3 is 19.4 Å². The molecule has 0 saturated carbocycles. The monoisotopic (exact) mass is 313 g/mol. The van der Waals surface area contributed by atoms with Crippen LogP contribution < -0.4 is 0 Å². The van der Waals surface area contributed by atoms with Crippen LogP contribution in [0.3, 0.4) is 0 Å². The van der Waals surface area contributed by atoms with Crippen LogP contribution in [0.5, 0.6) is 0 Å². The molecule has 0 bridgehead atoms. The Morgan fingerprint density at radius 1 is 1.19 bits per heavy atom. The van der Waals surface area contributed by atoms with E-state index in [-0.39, 0.29) is 5.62 Å². The summed E-state index contributed by atoms with van der Waals surface area (Å²) in [4.78, 5) is 13.7. The Labute approximate surface area is 131 Å². The predicted octanol–water partition coefficient (Wildman–Crippen LogP) is 0.274. The van der Waals surface area contributed by atoms with Gasteiger partial charge in [0.2, 0.25) is 5.62 Å². The Morgan fingerprint density at radius 3 is 2.57 bits per heavy atom. The number of likely N-dealkylation sites (N-methyl/N-ethyl adjacent to an activating group) is 1. The van der Waals surface area contributed by atoms with E-state index in [0.717, 1.165) is 65.0 Å². The van der Waals surface area contributed by atoms with E-state index in [9.17, 15) is 0 Å². The van der Waals surface area contributed by atoms with E-state index >= 15 is 0 Å². The lowest BCUT2D eigenvalue weighted by Crippen LogP contribution is -2.50. The number of aliphatic imine (C=N–C) groups is 1. The fourth-order valence-corrected chi connectivity index (χ4v) is 3.00. The average Bonchev–Trinajstić information content (AvgIpc) is 2.52. The highest BCUT2D eigenvalue weighted by molar-refractivity contribution is 6.21. The van der Waals surface area contributed by atoms with E-state index in [0.29, 0.717) is 0 Å². The van der Waals surface area contributed by atoms with Crippen LogP contribution in [0.4, 0.5) is 0 Å². The highest BCUT2D eigenvalue weighted by atomic mass is 35.5. The smallest absolute Gasteiger partial charge is 0.200 e. The number of halogens is 1. The van der Waals surface area contributed by atoms with Gasteiger partial charge in [-0.15, -0.1) is 0 Å². The van der Waals surface area contributed by atoms with Crippen molar-refractivity contribution in [2.24, 2.45) is 4.99 Å². The Kier molecular flexibility index (Phi) is 5.00. The lowest BCUT2D eigenvalue weighted by atomic mass is 10.3. The van der Waals surface area contributed by atoms with Crippen molar-refractivity contribution >= 4 is 17.4 Å². The van der Waals surface area contributed by atoms with Crippen LogP contribution in [0, 0.1) is 0 Å². The minimum atomic E-state index is -0.312. The third-order valence-corrected chi connectivity index (χ3v) is 4.57. The number of amidine groups is 1. The SMILES string of the molecule is CN1CCN(CN2C=CC(N3CCOCC3)=NC2Cl)CC1. The first-order valence-corrected chi connectivity index (χ1v) is 8.05. The molecule has 0 N–H and O–H groups in total. The molecule has 0 aromatic rings. The standard InChI is InChI=1S/C14H24ClN5O/c1-17-4-6-18(7-5-17)12-20-3-2-13(16-14(20)15)19-8-10-21-11-9-19/h2-3,14H,4-12H2,1H3. The number of ether oxygens (including phenoxy) is 1. The molecule has 0 aromatic carbocycles. The van der Waals surface area contributed by atoms with E-state index < -0.39 is 0 Å². The first kappa shape index (κ1) is 15.1. The molecule has 2 fully saturated rings. The van der Waals surface area contributed by atoms with E-state index in [2.05, 4.69) is 43.9 Å². The molecule has 0 aliphatic carbocycles. The zero-order valence-corrected chi connectivity index (χ0v) is 13.4. The molecule has 21 heavy (non-hydrogen) atoms. The molecule has 3 rings (SSSR count). The summed E-state index contributed by atoms with van der Waals surface area (Å²) in [5.41, 5.74) is -0.312. The molecule has 6 nitrogen and oxygen atoms in total. The third-order valence-electron chi connectivity index (χ3n) is 4.22. The molecule has 7 heteroatoms. The zero-order chi connectivity index (χ0) is 14.7. The molecule has 3 aliphatic rings. The van der Waals surface area contributed by atoms with E-state index in [4.69, 9.17) is 16.3 Å². The van der Waals surface area contributed by atoms with Crippen LogP contribution in [0.15, 0.2) is 17.3 Å². The van der Waals surface area contributed by atoms with Crippen molar-refractivity contribution in [1.29, 1.82) is 0 Å². The predicted molar refractivity (Wildman–Crippen MR) is 84.4 cm³/mol. The summed E-state index contributed by atoms with van der Waals surface area (Å²) < 4.78 is 5.37. The van der Waals surface area contributed by atoms with Crippen LogP contribution in [-0.2, 0) is 4.74 Å². The molecule has 2 saturated heterocycles. The normalized spacial score (nSPS) is 28.9. The second-order valence-corrected chi connectivity index (χ2v) is 6.18. The highest BCUT2D eigenvalue weighted by Gasteiger charge is 2.23. The van der Waals surface area contributed by atoms with Crippen molar-refractivity contribution < 1.29 is 4.74 Å². The second-order valence-electron chi connectivity index (χ2n) is 5.79. The van der Waals surface area contributed by atoms with Crippen molar-refractivity contribution in [2.45, 2.75) is 5.62 Å². The zero-order valence-electron chi connectivity index (χ0n) is 12.6. The molecule has 118 valence electrons. The summed E-state index contributed by atoms with van der Waals surface area (Å²) >= 11 is 6.44. The highest BCUT2D eigenvalue weighted by Crippen LogP contribution is 2.16. The van der Waals surface area contributed by atoms with Crippen LogP contribution in [0.1, 0.15) is 0 Å². The number of nitrogens with zero attached hydrogens (tertiary/aromatic N) is 5. The Morgan fingerprint density at radius 2 is 1.90 bits per heavy atom. The van der Waals surface area contributed by atoms with Crippen molar-refractivity contribution in [2.75, 3.05) is 66.2 Å². The largest absolute Gasteiger partial charge is 0.378 e. The van der Waals surface area contributed by atoms with Gasteiger partial charge in [0, 0.05) is 45.5 Å².